The lowest BCUT2D eigenvalue weighted by Crippen LogP contribution is -2.48. The molecule has 2 aromatic heterocycles. The molecule has 1 aliphatic rings. The number of imidazole rings is 1. The molecule has 3 rings (SSSR count). The van der Waals surface area contributed by atoms with E-state index in [0.717, 1.165) is 0 Å². The third-order valence-corrected chi connectivity index (χ3v) is 5.33. The van der Waals surface area contributed by atoms with Crippen LogP contribution in [0.5, 0.6) is 0 Å². The molecule has 2 aromatic rings. The van der Waals surface area contributed by atoms with Gasteiger partial charge in [0.1, 0.15) is 18.1 Å². The molecule has 1 aliphatic heterocycles. The number of nitrogens with zero attached hydrogens (tertiary/aromatic N) is 5. The Kier molecular flexibility index (Phi) is 6.15. The molecule has 0 spiro atoms. The Morgan fingerprint density at radius 2 is 1.96 bits per heavy atom. The average Bonchev–Trinajstić information content (AvgIpc) is 3.02. The van der Waals surface area contributed by atoms with Crippen LogP contribution in [0.25, 0.3) is 11.2 Å². The van der Waals surface area contributed by atoms with E-state index in [4.69, 9.17) is 30.0 Å². The Morgan fingerprint density at radius 3 is 2.64 bits per heavy atom. The molecule has 0 aromatic carbocycles. The number of phosphoric ester groups is 1. The normalized spacial score (nSPS) is 22.0. The molecule has 3 heterocycles. The summed E-state index contributed by atoms with van der Waals surface area (Å²) in [5.41, 5.74) is 6.53. The number of rotatable bonds is 7. The molecule has 2 unspecified atom stereocenters. The zero-order valence-electron chi connectivity index (χ0n) is 14.5. The standard InChI is InChI=1S/C12H20N6O8P2/c13-11-10-12(15-6-14-11)18(7-16-10)9-4-17(1-2-27(19,20)21)3-8(26-9)5-25-28(22,23)24/h6-9H,1-5H2,(H2,13,14,15)(H2,19,20,21)(H2,22,23,24). The second-order valence-electron chi connectivity index (χ2n) is 6.23. The first-order valence-corrected chi connectivity index (χ1v) is 11.4. The van der Waals surface area contributed by atoms with Gasteiger partial charge < -0.3 is 30.0 Å². The summed E-state index contributed by atoms with van der Waals surface area (Å²) < 4.78 is 34.1. The number of hydrogen-bond acceptors (Lipinski definition) is 9. The van der Waals surface area contributed by atoms with Gasteiger partial charge in [0.2, 0.25) is 0 Å². The van der Waals surface area contributed by atoms with Gasteiger partial charge in [-0.3, -0.25) is 18.6 Å². The molecular formula is C12H20N6O8P2. The van der Waals surface area contributed by atoms with Gasteiger partial charge in [0.25, 0.3) is 0 Å². The first-order valence-electron chi connectivity index (χ1n) is 8.07. The number of anilines is 1. The summed E-state index contributed by atoms with van der Waals surface area (Å²) in [5.74, 6) is 0.180. The van der Waals surface area contributed by atoms with Crippen molar-refractivity contribution in [2.75, 3.05) is 38.1 Å². The average molecular weight is 438 g/mol. The van der Waals surface area contributed by atoms with Crippen LogP contribution in [0.4, 0.5) is 5.82 Å². The number of hydrogen-bond donors (Lipinski definition) is 5. The van der Waals surface area contributed by atoms with Crippen molar-refractivity contribution in [2.24, 2.45) is 0 Å². The third-order valence-electron chi connectivity index (χ3n) is 4.06. The summed E-state index contributed by atoms with van der Waals surface area (Å²) in [6.07, 6.45) is 0.868. The molecule has 0 saturated carbocycles. The number of nitrogen functional groups attached to an aromatic ring is 1. The summed E-state index contributed by atoms with van der Waals surface area (Å²) in [6.45, 7) is 0.0548. The van der Waals surface area contributed by atoms with Gasteiger partial charge in [0.15, 0.2) is 11.5 Å². The van der Waals surface area contributed by atoms with Gasteiger partial charge in [-0.15, -0.1) is 0 Å². The molecule has 1 fully saturated rings. The first kappa shape index (κ1) is 21.2. The Morgan fingerprint density at radius 1 is 1.21 bits per heavy atom. The maximum Gasteiger partial charge on any atom is 0.469 e. The van der Waals surface area contributed by atoms with Crippen LogP contribution in [0.15, 0.2) is 12.7 Å². The highest BCUT2D eigenvalue weighted by atomic mass is 31.2. The van der Waals surface area contributed by atoms with E-state index >= 15 is 0 Å². The van der Waals surface area contributed by atoms with Crippen molar-refractivity contribution in [1.29, 1.82) is 0 Å². The Bertz CT molecular complexity index is 894. The molecule has 6 N–H and O–H groups in total. The highest BCUT2D eigenvalue weighted by Gasteiger charge is 2.32. The number of morpholine rings is 1. The predicted molar refractivity (Wildman–Crippen MR) is 95.0 cm³/mol. The van der Waals surface area contributed by atoms with Crippen LogP contribution in [-0.4, -0.2) is 82.5 Å². The molecule has 28 heavy (non-hydrogen) atoms. The van der Waals surface area contributed by atoms with Crippen molar-refractivity contribution < 1.29 is 38.0 Å². The maximum absolute atomic E-state index is 11.2. The molecule has 0 bridgehead atoms. The number of aromatic nitrogens is 4. The lowest BCUT2D eigenvalue weighted by Gasteiger charge is -2.38. The van der Waals surface area contributed by atoms with Gasteiger partial charge in [-0.2, -0.15) is 0 Å². The van der Waals surface area contributed by atoms with Crippen LogP contribution >= 0.6 is 15.4 Å². The van der Waals surface area contributed by atoms with Crippen molar-refractivity contribution in [2.45, 2.75) is 12.3 Å². The minimum atomic E-state index is -4.70. The highest BCUT2D eigenvalue weighted by molar-refractivity contribution is 7.51. The topological polar surface area (TPSA) is 206 Å². The van der Waals surface area contributed by atoms with Gasteiger partial charge >= 0.3 is 15.4 Å². The van der Waals surface area contributed by atoms with E-state index in [1.807, 2.05) is 0 Å². The lowest BCUT2D eigenvalue weighted by atomic mass is 10.2. The lowest BCUT2D eigenvalue weighted by molar-refractivity contribution is -0.131. The smallest absolute Gasteiger partial charge is 0.382 e. The molecular weight excluding hydrogens is 418 g/mol. The van der Waals surface area contributed by atoms with Gasteiger partial charge in [0.05, 0.1) is 25.2 Å². The maximum atomic E-state index is 11.2. The molecule has 0 amide bonds. The second kappa shape index (κ2) is 8.11. The molecule has 2 atom stereocenters. The monoisotopic (exact) mass is 438 g/mol. The fourth-order valence-corrected chi connectivity index (χ4v) is 3.76. The van der Waals surface area contributed by atoms with E-state index in [-0.39, 0.29) is 31.6 Å². The van der Waals surface area contributed by atoms with Crippen LogP contribution in [0.1, 0.15) is 6.23 Å². The molecule has 16 heteroatoms. The number of fused-ring (bicyclic) bond motifs is 1. The van der Waals surface area contributed by atoms with Crippen LogP contribution in [0.2, 0.25) is 0 Å². The van der Waals surface area contributed by atoms with E-state index in [2.05, 4.69) is 19.5 Å². The largest absolute Gasteiger partial charge is 0.469 e. The van der Waals surface area contributed by atoms with E-state index in [1.54, 1.807) is 9.47 Å². The summed E-state index contributed by atoms with van der Waals surface area (Å²) in [6, 6.07) is 0. The Labute approximate surface area is 158 Å². The zero-order valence-corrected chi connectivity index (χ0v) is 16.3. The van der Waals surface area contributed by atoms with E-state index < -0.39 is 34.4 Å². The van der Waals surface area contributed by atoms with Crippen molar-refractivity contribution in [3.05, 3.63) is 12.7 Å². The van der Waals surface area contributed by atoms with E-state index in [1.165, 1.54) is 12.7 Å². The molecule has 1 saturated heterocycles. The van der Waals surface area contributed by atoms with Gasteiger partial charge in [-0.1, -0.05) is 0 Å². The van der Waals surface area contributed by atoms with Crippen LogP contribution in [-0.2, 0) is 18.4 Å². The highest BCUT2D eigenvalue weighted by Crippen LogP contribution is 2.37. The minimum Gasteiger partial charge on any atom is -0.382 e. The third kappa shape index (κ3) is 5.54. The summed E-state index contributed by atoms with van der Waals surface area (Å²) in [5, 5.41) is 0. The second-order valence-corrected chi connectivity index (χ2v) is 9.25. The summed E-state index contributed by atoms with van der Waals surface area (Å²) in [4.78, 5) is 49.9. The minimum absolute atomic E-state index is 0.0559. The first-order chi connectivity index (χ1) is 13.0. The zero-order chi connectivity index (χ0) is 20.5. The van der Waals surface area contributed by atoms with Crippen LogP contribution in [0, 0.1) is 0 Å². The fraction of sp³-hybridized carbons (Fsp3) is 0.583. The molecule has 0 radical (unpaired) electrons. The van der Waals surface area contributed by atoms with E-state index in [0.29, 0.717) is 11.2 Å². The Hall–Kier alpha value is -1.47. The Balaban J connectivity index is 1.82. The molecule has 14 nitrogen and oxygen atoms in total. The van der Waals surface area contributed by atoms with Crippen molar-refractivity contribution in [3.8, 4) is 0 Å². The fourth-order valence-electron chi connectivity index (χ4n) is 2.85. The van der Waals surface area contributed by atoms with Gasteiger partial charge in [-0.25, -0.2) is 19.5 Å². The van der Waals surface area contributed by atoms with Gasteiger partial charge in [-0.05, 0) is 0 Å². The van der Waals surface area contributed by atoms with Crippen molar-refractivity contribution >= 4 is 32.4 Å². The molecule has 0 aliphatic carbocycles. The van der Waals surface area contributed by atoms with Crippen LogP contribution in [0.3, 0.4) is 0 Å². The van der Waals surface area contributed by atoms with Crippen molar-refractivity contribution in [3.63, 3.8) is 0 Å². The van der Waals surface area contributed by atoms with Gasteiger partial charge in [0, 0.05) is 19.6 Å². The summed E-state index contributed by atoms with van der Waals surface area (Å²) >= 11 is 0. The van der Waals surface area contributed by atoms with Crippen molar-refractivity contribution in [1.82, 2.24) is 24.4 Å². The van der Waals surface area contributed by atoms with Crippen LogP contribution < -0.4 is 5.73 Å². The number of phosphoric acid groups is 1. The SMILES string of the molecule is Nc1ncnc2c1ncn2C1CN(CCP(=O)(O)O)CC(COP(=O)(O)O)O1. The predicted octanol–water partition coefficient (Wildman–Crippen LogP) is -1.11. The van der Waals surface area contributed by atoms with E-state index in [9.17, 15) is 9.13 Å². The molecule has 156 valence electrons. The summed E-state index contributed by atoms with van der Waals surface area (Å²) in [7, 11) is -8.91. The number of nitrogens with two attached hydrogens (primary N) is 1. The number of ether oxygens (including phenoxy) is 1. The quantitative estimate of drug-likeness (QED) is 0.326.